The summed E-state index contributed by atoms with van der Waals surface area (Å²) >= 11 is 2.09. The van der Waals surface area contributed by atoms with E-state index in [0.717, 1.165) is 35.8 Å². The zero-order valence-electron chi connectivity index (χ0n) is 12.8. The Hall–Kier alpha value is -0.970. The van der Waals surface area contributed by atoms with E-state index in [4.69, 9.17) is 0 Å². The van der Waals surface area contributed by atoms with Gasteiger partial charge < -0.3 is 10.6 Å². The number of nitrogens with one attached hydrogen (secondary N) is 2. The highest BCUT2D eigenvalue weighted by Gasteiger charge is 2.14. The van der Waals surface area contributed by atoms with Gasteiger partial charge in [-0.3, -0.25) is 0 Å². The number of hydrogen-bond donors (Lipinski definition) is 2. The molecular weight excluding hydrogens is 268 g/mol. The molecule has 0 saturated carbocycles. The van der Waals surface area contributed by atoms with Gasteiger partial charge in [0.25, 0.3) is 0 Å². The molecule has 1 fully saturated rings. The molecule has 2 heterocycles. The Morgan fingerprint density at radius 3 is 2.60 bits per heavy atom. The first kappa shape index (κ1) is 15.4. The normalized spacial score (nSPS) is 19.1. The Morgan fingerprint density at radius 2 is 2.00 bits per heavy atom. The third kappa shape index (κ3) is 4.54. The van der Waals surface area contributed by atoms with Gasteiger partial charge in [-0.1, -0.05) is 20.3 Å². The van der Waals surface area contributed by atoms with E-state index in [1.165, 1.54) is 25.0 Å². The Labute approximate surface area is 126 Å². The highest BCUT2D eigenvalue weighted by molar-refractivity contribution is 7.99. The van der Waals surface area contributed by atoms with E-state index in [1.54, 1.807) is 0 Å². The minimum absolute atomic E-state index is 0.346. The van der Waals surface area contributed by atoms with Crippen molar-refractivity contribution in [2.24, 2.45) is 0 Å². The molecule has 1 unspecified atom stereocenters. The van der Waals surface area contributed by atoms with Crippen molar-refractivity contribution in [3.63, 3.8) is 0 Å². The Balaban J connectivity index is 2.01. The standard InChI is InChI=1S/C15H26N4S/c1-4-16-13-9-14(19-15(18-13)11(2)3)17-10-12-7-5-6-8-20-12/h9,11-12H,4-8,10H2,1-3H3,(H2,16,17,18,19). The van der Waals surface area contributed by atoms with Crippen LogP contribution >= 0.6 is 11.8 Å². The molecule has 4 nitrogen and oxygen atoms in total. The first-order valence-electron chi connectivity index (χ1n) is 7.67. The smallest absolute Gasteiger partial charge is 0.135 e. The van der Waals surface area contributed by atoms with Gasteiger partial charge >= 0.3 is 0 Å². The highest BCUT2D eigenvalue weighted by Crippen LogP contribution is 2.25. The summed E-state index contributed by atoms with van der Waals surface area (Å²) in [5.41, 5.74) is 0. The molecule has 0 bridgehead atoms. The zero-order valence-corrected chi connectivity index (χ0v) is 13.6. The summed E-state index contributed by atoms with van der Waals surface area (Å²) in [5, 5.41) is 7.51. The number of aromatic nitrogens is 2. The van der Waals surface area contributed by atoms with Crippen LogP contribution in [-0.4, -0.2) is 34.1 Å². The lowest BCUT2D eigenvalue weighted by atomic mass is 10.2. The zero-order chi connectivity index (χ0) is 14.4. The summed E-state index contributed by atoms with van der Waals surface area (Å²) < 4.78 is 0. The predicted octanol–water partition coefficient (Wildman–Crippen LogP) is 3.73. The molecule has 1 saturated heterocycles. The number of thioether (sulfide) groups is 1. The van der Waals surface area contributed by atoms with Crippen LogP contribution < -0.4 is 10.6 Å². The lowest BCUT2D eigenvalue weighted by molar-refractivity contribution is 0.676. The van der Waals surface area contributed by atoms with E-state index in [-0.39, 0.29) is 0 Å². The SMILES string of the molecule is CCNc1cc(NCC2CCCCS2)nc(C(C)C)n1. The molecule has 20 heavy (non-hydrogen) atoms. The van der Waals surface area contributed by atoms with Gasteiger partial charge in [0, 0.05) is 30.3 Å². The predicted molar refractivity (Wildman–Crippen MR) is 88.9 cm³/mol. The third-order valence-corrected chi connectivity index (χ3v) is 4.80. The van der Waals surface area contributed by atoms with Crippen molar-refractivity contribution in [2.45, 2.75) is 51.2 Å². The lowest BCUT2D eigenvalue weighted by Crippen LogP contribution is -2.21. The largest absolute Gasteiger partial charge is 0.370 e. The quantitative estimate of drug-likeness (QED) is 0.837. The maximum absolute atomic E-state index is 4.63. The molecule has 0 aromatic carbocycles. The van der Waals surface area contributed by atoms with E-state index in [1.807, 2.05) is 6.07 Å². The van der Waals surface area contributed by atoms with Crippen molar-refractivity contribution < 1.29 is 0 Å². The van der Waals surface area contributed by atoms with Crippen LogP contribution in [0, 0.1) is 0 Å². The van der Waals surface area contributed by atoms with Crippen LogP contribution in [0.25, 0.3) is 0 Å². The highest BCUT2D eigenvalue weighted by atomic mass is 32.2. The van der Waals surface area contributed by atoms with E-state index in [9.17, 15) is 0 Å². The number of anilines is 2. The minimum Gasteiger partial charge on any atom is -0.370 e. The van der Waals surface area contributed by atoms with Gasteiger partial charge in [-0.15, -0.1) is 0 Å². The van der Waals surface area contributed by atoms with E-state index in [0.29, 0.717) is 5.92 Å². The van der Waals surface area contributed by atoms with Crippen molar-refractivity contribution in [1.82, 2.24) is 9.97 Å². The summed E-state index contributed by atoms with van der Waals surface area (Å²) in [6, 6.07) is 2.02. The van der Waals surface area contributed by atoms with Gasteiger partial charge in [-0.2, -0.15) is 11.8 Å². The second-order valence-corrected chi connectivity index (χ2v) is 6.96. The summed E-state index contributed by atoms with van der Waals surface area (Å²) in [4.78, 5) is 9.18. The average Bonchev–Trinajstić information content (AvgIpc) is 2.46. The van der Waals surface area contributed by atoms with Crippen LogP contribution in [0.15, 0.2) is 6.07 Å². The monoisotopic (exact) mass is 294 g/mol. The molecule has 2 N–H and O–H groups in total. The van der Waals surface area contributed by atoms with E-state index < -0.39 is 0 Å². The van der Waals surface area contributed by atoms with Crippen molar-refractivity contribution in [3.8, 4) is 0 Å². The first-order chi connectivity index (χ1) is 9.69. The molecule has 112 valence electrons. The van der Waals surface area contributed by atoms with Crippen LogP contribution in [0.1, 0.15) is 51.8 Å². The maximum Gasteiger partial charge on any atom is 0.135 e. The molecule has 1 atom stereocenters. The van der Waals surface area contributed by atoms with Gasteiger partial charge in [0.2, 0.25) is 0 Å². The lowest BCUT2D eigenvalue weighted by Gasteiger charge is -2.22. The summed E-state index contributed by atoms with van der Waals surface area (Å²) in [7, 11) is 0. The number of hydrogen-bond acceptors (Lipinski definition) is 5. The summed E-state index contributed by atoms with van der Waals surface area (Å²) in [6.07, 6.45) is 4.06. The molecule has 0 spiro atoms. The topological polar surface area (TPSA) is 49.8 Å². The van der Waals surface area contributed by atoms with Crippen molar-refractivity contribution >= 4 is 23.4 Å². The molecule has 0 aliphatic carbocycles. The van der Waals surface area contributed by atoms with Crippen molar-refractivity contribution in [2.75, 3.05) is 29.5 Å². The van der Waals surface area contributed by atoms with Crippen molar-refractivity contribution in [3.05, 3.63) is 11.9 Å². The number of rotatable bonds is 6. The second kappa shape index (κ2) is 7.72. The molecule has 5 heteroatoms. The van der Waals surface area contributed by atoms with Gasteiger partial charge in [0.1, 0.15) is 17.5 Å². The minimum atomic E-state index is 0.346. The molecule has 1 aromatic rings. The molecule has 1 aliphatic heterocycles. The Morgan fingerprint density at radius 1 is 1.25 bits per heavy atom. The number of nitrogens with zero attached hydrogens (tertiary/aromatic N) is 2. The fourth-order valence-corrected chi connectivity index (χ4v) is 3.51. The van der Waals surface area contributed by atoms with Crippen LogP contribution in [0.4, 0.5) is 11.6 Å². The first-order valence-corrected chi connectivity index (χ1v) is 8.72. The molecular formula is C15H26N4S. The van der Waals surface area contributed by atoms with Crippen LogP contribution in [0.3, 0.4) is 0 Å². The molecule has 0 radical (unpaired) electrons. The van der Waals surface area contributed by atoms with Gasteiger partial charge in [-0.25, -0.2) is 9.97 Å². The van der Waals surface area contributed by atoms with Gasteiger partial charge in [-0.05, 0) is 25.5 Å². The maximum atomic E-state index is 4.63. The van der Waals surface area contributed by atoms with Crippen molar-refractivity contribution in [1.29, 1.82) is 0 Å². The third-order valence-electron chi connectivity index (χ3n) is 3.40. The summed E-state index contributed by atoms with van der Waals surface area (Å²) in [6.45, 7) is 8.23. The van der Waals surface area contributed by atoms with Crippen LogP contribution in [-0.2, 0) is 0 Å². The molecule has 1 aliphatic rings. The summed E-state index contributed by atoms with van der Waals surface area (Å²) in [5.74, 6) is 4.42. The fraction of sp³-hybridized carbons (Fsp3) is 0.733. The molecule has 2 rings (SSSR count). The van der Waals surface area contributed by atoms with Crippen LogP contribution in [0.2, 0.25) is 0 Å². The van der Waals surface area contributed by atoms with Crippen LogP contribution in [0.5, 0.6) is 0 Å². The van der Waals surface area contributed by atoms with Gasteiger partial charge in [0.05, 0.1) is 0 Å². The molecule has 1 aromatic heterocycles. The second-order valence-electron chi connectivity index (χ2n) is 5.55. The molecule has 0 amide bonds. The fourth-order valence-electron chi connectivity index (χ4n) is 2.27. The van der Waals surface area contributed by atoms with E-state index >= 15 is 0 Å². The van der Waals surface area contributed by atoms with Gasteiger partial charge in [0.15, 0.2) is 0 Å². The average molecular weight is 294 g/mol. The Bertz CT molecular complexity index is 416. The van der Waals surface area contributed by atoms with E-state index in [2.05, 4.69) is 53.1 Å². The Kier molecular flexibility index (Phi) is 5.95.